The summed E-state index contributed by atoms with van der Waals surface area (Å²) < 4.78 is 1.84. The molecule has 0 aliphatic heterocycles. The van der Waals surface area contributed by atoms with Gasteiger partial charge in [0.1, 0.15) is 0 Å². The minimum absolute atomic E-state index is 0.0448. The Hall–Kier alpha value is -1.88. The van der Waals surface area contributed by atoms with Crippen LogP contribution in [0.25, 0.3) is 10.9 Å². The molecule has 1 aromatic carbocycles. The highest BCUT2D eigenvalue weighted by Crippen LogP contribution is 2.25. The zero-order valence-corrected chi connectivity index (χ0v) is 8.17. The van der Waals surface area contributed by atoms with Gasteiger partial charge >= 0.3 is 0 Å². The number of aliphatic hydroxyl groups excluding tert-OH is 1. The lowest BCUT2D eigenvalue weighted by atomic mass is 10.1. The van der Waals surface area contributed by atoms with Gasteiger partial charge < -0.3 is 9.67 Å². The summed E-state index contributed by atoms with van der Waals surface area (Å²) in [5, 5.41) is 20.4. The van der Waals surface area contributed by atoms with Gasteiger partial charge in [-0.15, -0.1) is 0 Å². The molecule has 1 N–H and O–H groups in total. The second-order valence-corrected chi connectivity index (χ2v) is 3.38. The first-order valence-electron chi connectivity index (χ1n) is 4.46. The molecule has 1 heterocycles. The molecule has 78 valence electrons. The number of nitro benzene ring substituents is 1. The molecule has 0 aliphatic rings. The molecule has 2 aromatic rings. The molecular weight excluding hydrogens is 196 g/mol. The summed E-state index contributed by atoms with van der Waals surface area (Å²) in [6.07, 6.45) is 1.77. The third-order valence-electron chi connectivity index (χ3n) is 2.44. The standard InChI is InChI=1S/C10H10N2O3/c1-11-5-7(6-13)9-4-8(12(14)15)2-3-10(9)11/h2-5,13H,6H2,1H3. The van der Waals surface area contributed by atoms with Crippen LogP contribution in [0.2, 0.25) is 0 Å². The summed E-state index contributed by atoms with van der Waals surface area (Å²) in [5.74, 6) is 0. The maximum absolute atomic E-state index is 10.6. The zero-order chi connectivity index (χ0) is 11.0. The lowest BCUT2D eigenvalue weighted by Crippen LogP contribution is -1.88. The number of hydrogen-bond acceptors (Lipinski definition) is 3. The average Bonchev–Trinajstić information content (AvgIpc) is 2.55. The van der Waals surface area contributed by atoms with E-state index in [-0.39, 0.29) is 12.3 Å². The fourth-order valence-corrected chi connectivity index (χ4v) is 1.70. The fourth-order valence-electron chi connectivity index (χ4n) is 1.70. The first kappa shape index (κ1) is 9.67. The molecule has 0 amide bonds. The normalized spacial score (nSPS) is 10.8. The summed E-state index contributed by atoms with van der Waals surface area (Å²) in [6, 6.07) is 4.64. The number of hydrogen-bond donors (Lipinski definition) is 1. The first-order valence-corrected chi connectivity index (χ1v) is 4.46. The molecule has 0 saturated carbocycles. The Morgan fingerprint density at radius 1 is 1.53 bits per heavy atom. The zero-order valence-electron chi connectivity index (χ0n) is 8.17. The van der Waals surface area contributed by atoms with Gasteiger partial charge in [0, 0.05) is 41.8 Å². The van der Waals surface area contributed by atoms with E-state index in [2.05, 4.69) is 0 Å². The van der Waals surface area contributed by atoms with Crippen molar-refractivity contribution in [3.63, 3.8) is 0 Å². The second-order valence-electron chi connectivity index (χ2n) is 3.38. The average molecular weight is 206 g/mol. The van der Waals surface area contributed by atoms with Gasteiger partial charge in [0.2, 0.25) is 0 Å². The van der Waals surface area contributed by atoms with Crippen LogP contribution in [0, 0.1) is 10.1 Å². The monoisotopic (exact) mass is 206 g/mol. The van der Waals surface area contributed by atoms with Gasteiger partial charge in [-0.1, -0.05) is 0 Å². The number of rotatable bonds is 2. The lowest BCUT2D eigenvalue weighted by molar-refractivity contribution is -0.384. The van der Waals surface area contributed by atoms with Gasteiger partial charge in [-0.3, -0.25) is 10.1 Å². The predicted molar refractivity (Wildman–Crippen MR) is 55.5 cm³/mol. The van der Waals surface area contributed by atoms with Crippen molar-refractivity contribution >= 4 is 16.6 Å². The molecule has 0 spiro atoms. The topological polar surface area (TPSA) is 68.3 Å². The Morgan fingerprint density at radius 3 is 2.87 bits per heavy atom. The number of nitro groups is 1. The van der Waals surface area contributed by atoms with Crippen molar-refractivity contribution in [2.75, 3.05) is 0 Å². The fraction of sp³-hybridized carbons (Fsp3) is 0.200. The van der Waals surface area contributed by atoms with Gasteiger partial charge in [-0.05, 0) is 6.07 Å². The summed E-state index contributed by atoms with van der Waals surface area (Å²) >= 11 is 0. The van der Waals surface area contributed by atoms with Crippen LogP contribution in [0.15, 0.2) is 24.4 Å². The molecule has 0 atom stereocenters. The molecule has 5 heteroatoms. The van der Waals surface area contributed by atoms with E-state index in [0.717, 1.165) is 10.9 Å². The highest BCUT2D eigenvalue weighted by atomic mass is 16.6. The second kappa shape index (κ2) is 3.36. The molecule has 0 radical (unpaired) electrons. The molecule has 0 aliphatic carbocycles. The Kier molecular flexibility index (Phi) is 2.17. The van der Waals surface area contributed by atoms with Crippen molar-refractivity contribution in [2.24, 2.45) is 7.05 Å². The van der Waals surface area contributed by atoms with Crippen molar-refractivity contribution in [3.05, 3.63) is 40.1 Å². The Bertz CT molecular complexity index is 531. The summed E-state index contributed by atoms with van der Waals surface area (Å²) in [6.45, 7) is -0.113. The molecular formula is C10H10N2O3. The number of fused-ring (bicyclic) bond motifs is 1. The Morgan fingerprint density at radius 2 is 2.27 bits per heavy atom. The van der Waals surface area contributed by atoms with Crippen molar-refractivity contribution in [3.8, 4) is 0 Å². The summed E-state index contributed by atoms with van der Waals surface area (Å²) in [4.78, 5) is 10.2. The van der Waals surface area contributed by atoms with Gasteiger partial charge in [-0.25, -0.2) is 0 Å². The number of benzene rings is 1. The predicted octanol–water partition coefficient (Wildman–Crippen LogP) is 1.58. The maximum Gasteiger partial charge on any atom is 0.270 e. The Balaban J connectivity index is 2.73. The van der Waals surface area contributed by atoms with Gasteiger partial charge in [0.25, 0.3) is 5.69 Å². The van der Waals surface area contributed by atoms with Crippen LogP contribution in [0.4, 0.5) is 5.69 Å². The highest BCUT2D eigenvalue weighted by molar-refractivity contribution is 5.86. The van der Waals surface area contributed by atoms with Gasteiger partial charge in [0.15, 0.2) is 0 Å². The van der Waals surface area contributed by atoms with Crippen molar-refractivity contribution in [1.29, 1.82) is 0 Å². The van der Waals surface area contributed by atoms with Crippen molar-refractivity contribution in [2.45, 2.75) is 6.61 Å². The van der Waals surface area contributed by atoms with Crippen LogP contribution in [0.3, 0.4) is 0 Å². The number of aromatic nitrogens is 1. The maximum atomic E-state index is 10.6. The van der Waals surface area contributed by atoms with Crippen LogP contribution in [0.1, 0.15) is 5.56 Å². The van der Waals surface area contributed by atoms with Crippen LogP contribution >= 0.6 is 0 Å². The third-order valence-corrected chi connectivity index (χ3v) is 2.44. The van der Waals surface area contributed by atoms with Crippen molar-refractivity contribution in [1.82, 2.24) is 4.57 Å². The number of non-ortho nitro benzene ring substituents is 1. The largest absolute Gasteiger partial charge is 0.392 e. The molecule has 0 bridgehead atoms. The molecule has 1 aromatic heterocycles. The Labute approximate surface area is 85.7 Å². The molecule has 2 rings (SSSR count). The first-order chi connectivity index (χ1) is 7.13. The molecule has 5 nitrogen and oxygen atoms in total. The molecule has 0 unspecified atom stereocenters. The lowest BCUT2D eigenvalue weighted by Gasteiger charge is -1.96. The van der Waals surface area contributed by atoms with Crippen LogP contribution in [-0.4, -0.2) is 14.6 Å². The van der Waals surface area contributed by atoms with E-state index in [1.165, 1.54) is 12.1 Å². The quantitative estimate of drug-likeness (QED) is 0.599. The minimum atomic E-state index is -0.437. The van der Waals surface area contributed by atoms with E-state index in [1.807, 2.05) is 11.6 Å². The third kappa shape index (κ3) is 1.46. The number of aliphatic hydroxyl groups is 1. The summed E-state index contributed by atoms with van der Waals surface area (Å²) in [5.41, 5.74) is 1.63. The summed E-state index contributed by atoms with van der Waals surface area (Å²) in [7, 11) is 1.84. The number of nitrogens with zero attached hydrogens (tertiary/aromatic N) is 2. The van der Waals surface area contributed by atoms with E-state index >= 15 is 0 Å². The van der Waals surface area contributed by atoms with E-state index < -0.39 is 4.92 Å². The van der Waals surface area contributed by atoms with E-state index in [4.69, 9.17) is 5.11 Å². The number of aryl methyl sites for hydroxylation is 1. The van der Waals surface area contributed by atoms with Gasteiger partial charge in [0.05, 0.1) is 11.5 Å². The van der Waals surface area contributed by atoms with Crippen LogP contribution in [0.5, 0.6) is 0 Å². The minimum Gasteiger partial charge on any atom is -0.392 e. The van der Waals surface area contributed by atoms with Crippen LogP contribution < -0.4 is 0 Å². The van der Waals surface area contributed by atoms with Crippen LogP contribution in [-0.2, 0) is 13.7 Å². The molecule has 0 fully saturated rings. The molecule has 15 heavy (non-hydrogen) atoms. The van der Waals surface area contributed by atoms with E-state index in [9.17, 15) is 10.1 Å². The van der Waals surface area contributed by atoms with E-state index in [0.29, 0.717) is 5.56 Å². The van der Waals surface area contributed by atoms with Crippen molar-refractivity contribution < 1.29 is 10.0 Å². The molecule has 0 saturated heterocycles. The van der Waals surface area contributed by atoms with Gasteiger partial charge in [-0.2, -0.15) is 0 Å². The highest BCUT2D eigenvalue weighted by Gasteiger charge is 2.11. The van der Waals surface area contributed by atoms with E-state index in [1.54, 1.807) is 12.3 Å². The SMILES string of the molecule is Cn1cc(CO)c2cc([N+](=O)[O-])ccc21. The smallest absolute Gasteiger partial charge is 0.270 e.